The van der Waals surface area contributed by atoms with Gasteiger partial charge in [0.2, 0.25) is 0 Å². The van der Waals surface area contributed by atoms with Crippen LogP contribution in [0.15, 0.2) is 24.3 Å². The van der Waals surface area contributed by atoms with E-state index >= 15 is 0 Å². The van der Waals surface area contributed by atoms with Crippen molar-refractivity contribution in [2.45, 2.75) is 12.8 Å². The van der Waals surface area contributed by atoms with E-state index in [0.717, 1.165) is 12.8 Å². The van der Waals surface area contributed by atoms with E-state index < -0.39 is 0 Å². The van der Waals surface area contributed by atoms with Crippen LogP contribution in [-0.2, 0) is 0 Å². The molecule has 0 unspecified atom stereocenters. The van der Waals surface area contributed by atoms with E-state index in [9.17, 15) is 0 Å². The fourth-order valence-corrected chi connectivity index (χ4v) is 0.403. The number of hydrogen-bond donors (Lipinski definition) is 0. The lowest BCUT2D eigenvalue weighted by Crippen LogP contribution is -1.57. The fraction of sp³-hybridized carbons (Fsp3) is 0.333. The molecule has 0 saturated carbocycles. The predicted octanol–water partition coefficient (Wildman–Crippen LogP) is 2.71. The lowest BCUT2D eigenvalue weighted by molar-refractivity contribution is 1.06. The van der Waals surface area contributed by atoms with E-state index in [-0.39, 0.29) is 0 Å². The topological polar surface area (TPSA) is 0 Å². The van der Waals surface area contributed by atoms with Crippen LogP contribution in [0.25, 0.3) is 0 Å². The highest BCUT2D eigenvalue weighted by Gasteiger charge is 1.69. The molecule has 0 aliphatic heterocycles. The summed E-state index contributed by atoms with van der Waals surface area (Å²) in [4.78, 5) is 0. The SMILES string of the molecule is C=CCC/C=C/Cl. The van der Waals surface area contributed by atoms with Gasteiger partial charge in [0.25, 0.3) is 0 Å². The molecule has 0 aromatic heterocycles. The highest BCUT2D eigenvalue weighted by atomic mass is 35.5. The van der Waals surface area contributed by atoms with Crippen molar-refractivity contribution >= 4 is 11.6 Å². The molecule has 0 aliphatic rings. The van der Waals surface area contributed by atoms with Gasteiger partial charge in [-0.3, -0.25) is 0 Å². The Kier molecular flexibility index (Phi) is 5.58. The molecule has 0 aromatic rings. The van der Waals surface area contributed by atoms with Crippen molar-refractivity contribution in [2.75, 3.05) is 0 Å². The molecule has 0 saturated heterocycles. The Morgan fingerprint density at radius 3 is 2.57 bits per heavy atom. The maximum atomic E-state index is 5.22. The molecular formula is C6H9Cl. The molecule has 0 aromatic carbocycles. The minimum Gasteiger partial charge on any atom is -0.103 e. The van der Waals surface area contributed by atoms with Gasteiger partial charge in [-0.2, -0.15) is 0 Å². The third kappa shape index (κ3) is 5.77. The van der Waals surface area contributed by atoms with Crippen molar-refractivity contribution in [3.63, 3.8) is 0 Å². The second-order valence-corrected chi connectivity index (χ2v) is 1.48. The van der Waals surface area contributed by atoms with Crippen molar-refractivity contribution in [1.82, 2.24) is 0 Å². The molecule has 0 bridgehead atoms. The summed E-state index contributed by atoms with van der Waals surface area (Å²) >= 11 is 5.22. The lowest BCUT2D eigenvalue weighted by Gasteiger charge is -1.78. The maximum Gasteiger partial charge on any atom is 0.000256 e. The summed E-state index contributed by atoms with van der Waals surface area (Å²) in [6, 6.07) is 0. The van der Waals surface area contributed by atoms with Gasteiger partial charge in [0, 0.05) is 5.54 Å². The van der Waals surface area contributed by atoms with Gasteiger partial charge in [0.15, 0.2) is 0 Å². The molecule has 0 nitrogen and oxygen atoms in total. The van der Waals surface area contributed by atoms with E-state index in [1.54, 1.807) is 0 Å². The zero-order valence-corrected chi connectivity index (χ0v) is 4.99. The van der Waals surface area contributed by atoms with Crippen LogP contribution < -0.4 is 0 Å². The second-order valence-electron chi connectivity index (χ2n) is 1.23. The largest absolute Gasteiger partial charge is 0.103 e. The molecule has 0 atom stereocenters. The van der Waals surface area contributed by atoms with Crippen LogP contribution in [0.3, 0.4) is 0 Å². The van der Waals surface area contributed by atoms with Gasteiger partial charge >= 0.3 is 0 Å². The van der Waals surface area contributed by atoms with E-state index in [4.69, 9.17) is 11.6 Å². The number of hydrogen-bond acceptors (Lipinski definition) is 0. The third-order valence-electron chi connectivity index (χ3n) is 0.627. The van der Waals surface area contributed by atoms with Crippen LogP contribution in [-0.4, -0.2) is 0 Å². The average Bonchev–Trinajstić information content (AvgIpc) is 1.69. The zero-order valence-electron chi connectivity index (χ0n) is 4.23. The van der Waals surface area contributed by atoms with Gasteiger partial charge in [-0.15, -0.1) is 6.58 Å². The molecule has 40 valence electrons. The minimum absolute atomic E-state index is 1.01. The maximum absolute atomic E-state index is 5.22. The smallest absolute Gasteiger partial charge is 0.000256 e. The van der Waals surface area contributed by atoms with Gasteiger partial charge in [-0.05, 0) is 12.8 Å². The Balaban J connectivity index is 2.82. The predicted molar refractivity (Wildman–Crippen MR) is 34.4 cm³/mol. The number of allylic oxidation sites excluding steroid dienone is 2. The summed E-state index contributed by atoms with van der Waals surface area (Å²) in [5, 5.41) is 0. The normalized spacial score (nSPS) is 9.86. The Bertz CT molecular complexity index is 64.6. The summed E-state index contributed by atoms with van der Waals surface area (Å²) in [5.41, 5.74) is 1.53. The van der Waals surface area contributed by atoms with E-state index in [1.165, 1.54) is 5.54 Å². The van der Waals surface area contributed by atoms with Gasteiger partial charge in [0.05, 0.1) is 0 Å². The molecule has 0 radical (unpaired) electrons. The summed E-state index contributed by atoms with van der Waals surface area (Å²) < 4.78 is 0. The van der Waals surface area contributed by atoms with Crippen LogP contribution in [0.1, 0.15) is 12.8 Å². The van der Waals surface area contributed by atoms with Crippen LogP contribution in [0.2, 0.25) is 0 Å². The molecule has 0 heterocycles. The molecule has 0 amide bonds. The van der Waals surface area contributed by atoms with Crippen molar-refractivity contribution < 1.29 is 0 Å². The molecular weight excluding hydrogens is 108 g/mol. The van der Waals surface area contributed by atoms with Crippen molar-refractivity contribution in [2.24, 2.45) is 0 Å². The third-order valence-corrected chi connectivity index (χ3v) is 0.805. The number of rotatable bonds is 3. The minimum atomic E-state index is 1.01. The molecule has 1 heteroatoms. The first-order valence-electron chi connectivity index (χ1n) is 2.28. The molecule has 0 fully saturated rings. The average molecular weight is 117 g/mol. The van der Waals surface area contributed by atoms with Gasteiger partial charge < -0.3 is 0 Å². The first-order valence-corrected chi connectivity index (χ1v) is 2.71. The zero-order chi connectivity index (χ0) is 5.54. The standard InChI is InChI=1S/C6H9Cl/c1-2-3-4-5-6-7/h2,5-6H,1,3-4H2/b6-5+. The van der Waals surface area contributed by atoms with E-state index in [0.29, 0.717) is 0 Å². The summed E-state index contributed by atoms with van der Waals surface area (Å²) in [6.45, 7) is 3.56. The Labute approximate surface area is 49.5 Å². The van der Waals surface area contributed by atoms with Gasteiger partial charge in [0.1, 0.15) is 0 Å². The summed E-state index contributed by atoms with van der Waals surface area (Å²) in [7, 11) is 0. The van der Waals surface area contributed by atoms with Crippen molar-refractivity contribution in [1.29, 1.82) is 0 Å². The fourth-order valence-electron chi connectivity index (χ4n) is 0.277. The monoisotopic (exact) mass is 116 g/mol. The van der Waals surface area contributed by atoms with Crippen molar-refractivity contribution in [3.8, 4) is 0 Å². The summed E-state index contributed by atoms with van der Waals surface area (Å²) in [6.07, 6.45) is 5.80. The lowest BCUT2D eigenvalue weighted by atomic mass is 10.3. The number of unbranched alkanes of at least 4 members (excludes halogenated alkanes) is 1. The molecule has 0 aliphatic carbocycles. The highest BCUT2D eigenvalue weighted by Crippen LogP contribution is 1.91. The summed E-state index contributed by atoms with van der Waals surface area (Å²) in [5.74, 6) is 0. The van der Waals surface area contributed by atoms with Crippen molar-refractivity contribution in [3.05, 3.63) is 24.3 Å². The van der Waals surface area contributed by atoms with Gasteiger partial charge in [-0.1, -0.05) is 23.8 Å². The molecule has 0 rings (SSSR count). The second kappa shape index (κ2) is 5.77. The van der Waals surface area contributed by atoms with Crippen LogP contribution in [0.4, 0.5) is 0 Å². The van der Waals surface area contributed by atoms with Crippen LogP contribution in [0.5, 0.6) is 0 Å². The van der Waals surface area contributed by atoms with E-state index in [2.05, 4.69) is 6.58 Å². The van der Waals surface area contributed by atoms with Gasteiger partial charge in [-0.25, -0.2) is 0 Å². The molecule has 0 N–H and O–H groups in total. The first kappa shape index (κ1) is 6.77. The highest BCUT2D eigenvalue weighted by molar-refractivity contribution is 6.25. The molecule has 0 spiro atoms. The first-order chi connectivity index (χ1) is 3.41. The molecule has 7 heavy (non-hydrogen) atoms. The van der Waals surface area contributed by atoms with E-state index in [1.807, 2.05) is 12.2 Å². The Hall–Kier alpha value is -0.230. The number of halogens is 1. The van der Waals surface area contributed by atoms with Crippen LogP contribution in [0, 0.1) is 0 Å². The van der Waals surface area contributed by atoms with Crippen LogP contribution >= 0.6 is 11.6 Å². The quantitative estimate of drug-likeness (QED) is 0.393. The Morgan fingerprint density at radius 2 is 2.14 bits per heavy atom. The Morgan fingerprint density at radius 1 is 1.43 bits per heavy atom.